The number of benzene rings is 1. The molecule has 0 spiro atoms. The molecular weight excluding hydrogens is 296 g/mol. The SMILES string of the molecule is O=C1[C@@H]2[C@@H](C(=O)N1Cc1ccc([N+](=O)[O-])cc1)[C@@H]1C=C[C@@H]2CC1. The van der Waals surface area contributed by atoms with Crippen molar-refractivity contribution in [3.05, 3.63) is 52.1 Å². The summed E-state index contributed by atoms with van der Waals surface area (Å²) in [6, 6.07) is 6.01. The van der Waals surface area contributed by atoms with Crippen LogP contribution < -0.4 is 0 Å². The van der Waals surface area contributed by atoms with Gasteiger partial charge in [0.2, 0.25) is 11.8 Å². The van der Waals surface area contributed by atoms with Crippen LogP contribution in [0.25, 0.3) is 0 Å². The Kier molecular flexibility index (Phi) is 3.07. The second kappa shape index (κ2) is 5.01. The highest BCUT2D eigenvalue weighted by Crippen LogP contribution is 2.49. The summed E-state index contributed by atoms with van der Waals surface area (Å²) in [6.45, 7) is 0.197. The number of nitro groups is 1. The van der Waals surface area contributed by atoms with Crippen molar-refractivity contribution < 1.29 is 14.5 Å². The number of hydrogen-bond acceptors (Lipinski definition) is 4. The van der Waals surface area contributed by atoms with Gasteiger partial charge in [0.1, 0.15) is 0 Å². The van der Waals surface area contributed by atoms with Crippen LogP contribution in [-0.4, -0.2) is 21.6 Å². The van der Waals surface area contributed by atoms with Gasteiger partial charge in [-0.1, -0.05) is 24.3 Å². The Bertz CT molecular complexity index is 693. The first-order valence-corrected chi connectivity index (χ1v) is 7.83. The average Bonchev–Trinajstić information content (AvgIpc) is 2.83. The minimum atomic E-state index is -0.464. The lowest BCUT2D eigenvalue weighted by molar-refractivity contribution is -0.384. The zero-order valence-corrected chi connectivity index (χ0v) is 12.4. The van der Waals surface area contributed by atoms with Gasteiger partial charge in [0.25, 0.3) is 5.69 Å². The van der Waals surface area contributed by atoms with Gasteiger partial charge in [-0.25, -0.2) is 0 Å². The van der Waals surface area contributed by atoms with Crippen LogP contribution in [0, 0.1) is 33.8 Å². The summed E-state index contributed by atoms with van der Waals surface area (Å²) in [4.78, 5) is 36.9. The van der Waals surface area contributed by atoms with Crippen molar-refractivity contribution >= 4 is 17.5 Å². The standard InChI is InChI=1S/C17H16N2O4/c20-16-14-11-3-4-12(6-5-11)15(14)17(21)18(16)9-10-1-7-13(8-2-10)19(22)23/h1-4,7-8,11-12,14-15H,5-6,9H2/t11-,12-,14+,15+/m1/s1. The van der Waals surface area contributed by atoms with E-state index in [1.807, 2.05) is 0 Å². The van der Waals surface area contributed by atoms with E-state index >= 15 is 0 Å². The van der Waals surface area contributed by atoms with E-state index in [0.29, 0.717) is 0 Å². The van der Waals surface area contributed by atoms with Crippen LogP contribution in [0.3, 0.4) is 0 Å². The van der Waals surface area contributed by atoms with E-state index in [1.165, 1.54) is 17.0 Å². The molecule has 23 heavy (non-hydrogen) atoms. The Balaban J connectivity index is 1.57. The summed E-state index contributed by atoms with van der Waals surface area (Å²) in [5, 5.41) is 10.7. The first kappa shape index (κ1) is 14.1. The van der Waals surface area contributed by atoms with Crippen molar-refractivity contribution in [2.24, 2.45) is 23.7 Å². The Morgan fingerprint density at radius 2 is 1.52 bits per heavy atom. The topological polar surface area (TPSA) is 80.5 Å². The quantitative estimate of drug-likeness (QED) is 0.371. The molecule has 118 valence electrons. The van der Waals surface area contributed by atoms with E-state index in [2.05, 4.69) is 12.2 Å². The summed E-state index contributed by atoms with van der Waals surface area (Å²) in [5.41, 5.74) is 0.736. The summed E-state index contributed by atoms with van der Waals surface area (Å²) >= 11 is 0. The number of amides is 2. The molecule has 5 rings (SSSR count). The Morgan fingerprint density at radius 3 is 1.96 bits per heavy atom. The maximum Gasteiger partial charge on any atom is 0.269 e. The molecule has 1 saturated carbocycles. The monoisotopic (exact) mass is 312 g/mol. The van der Waals surface area contributed by atoms with Crippen molar-refractivity contribution in [1.82, 2.24) is 4.90 Å². The molecule has 2 fully saturated rings. The van der Waals surface area contributed by atoms with Crippen LogP contribution in [-0.2, 0) is 16.1 Å². The predicted octanol–water partition coefficient (Wildman–Crippen LogP) is 2.29. The number of allylic oxidation sites excluding steroid dienone is 2. The van der Waals surface area contributed by atoms with Crippen LogP contribution in [0.15, 0.2) is 36.4 Å². The molecule has 3 aliphatic carbocycles. The highest BCUT2D eigenvalue weighted by Gasteiger charge is 2.56. The van der Waals surface area contributed by atoms with E-state index in [1.54, 1.807) is 12.1 Å². The Labute approximate surface area is 132 Å². The highest BCUT2D eigenvalue weighted by molar-refractivity contribution is 6.06. The molecular formula is C17H16N2O4. The highest BCUT2D eigenvalue weighted by atomic mass is 16.6. The van der Waals surface area contributed by atoms with Gasteiger partial charge in [-0.2, -0.15) is 0 Å². The zero-order chi connectivity index (χ0) is 16.1. The van der Waals surface area contributed by atoms with Gasteiger partial charge < -0.3 is 0 Å². The van der Waals surface area contributed by atoms with Crippen LogP contribution in [0.4, 0.5) is 5.69 Å². The number of nitro benzene ring substituents is 1. The molecule has 4 atom stereocenters. The van der Waals surface area contributed by atoms with Crippen molar-refractivity contribution in [2.45, 2.75) is 19.4 Å². The fourth-order valence-corrected chi connectivity index (χ4v) is 4.20. The summed E-state index contributed by atoms with van der Waals surface area (Å²) in [5.74, 6) is -0.213. The van der Waals surface area contributed by atoms with Crippen LogP contribution >= 0.6 is 0 Å². The lowest BCUT2D eigenvalue weighted by Crippen LogP contribution is -2.38. The van der Waals surface area contributed by atoms with Gasteiger partial charge >= 0.3 is 0 Å². The average molecular weight is 312 g/mol. The molecule has 1 aliphatic heterocycles. The lowest BCUT2D eigenvalue weighted by atomic mass is 9.63. The fraction of sp³-hybridized carbons (Fsp3) is 0.412. The molecule has 1 aromatic carbocycles. The Morgan fingerprint density at radius 1 is 1.00 bits per heavy atom. The number of imide groups is 1. The van der Waals surface area contributed by atoms with E-state index in [0.717, 1.165) is 18.4 Å². The third kappa shape index (κ3) is 2.09. The van der Waals surface area contributed by atoms with E-state index in [4.69, 9.17) is 0 Å². The number of carbonyl (C=O) groups excluding carboxylic acids is 2. The zero-order valence-electron chi connectivity index (χ0n) is 12.4. The van der Waals surface area contributed by atoms with Gasteiger partial charge in [-0.15, -0.1) is 0 Å². The molecule has 0 radical (unpaired) electrons. The second-order valence-corrected chi connectivity index (χ2v) is 6.53. The maximum atomic E-state index is 12.7. The van der Waals surface area contributed by atoms with Crippen LogP contribution in [0.5, 0.6) is 0 Å². The first-order valence-electron chi connectivity index (χ1n) is 7.83. The second-order valence-electron chi connectivity index (χ2n) is 6.53. The molecule has 1 aromatic rings. The van der Waals surface area contributed by atoms with Gasteiger partial charge in [0.05, 0.1) is 23.3 Å². The minimum absolute atomic E-state index is 0.00346. The molecule has 0 unspecified atom stereocenters. The van der Waals surface area contributed by atoms with Crippen LogP contribution in [0.1, 0.15) is 18.4 Å². The third-order valence-electron chi connectivity index (χ3n) is 5.34. The predicted molar refractivity (Wildman–Crippen MR) is 81.0 cm³/mol. The normalized spacial score (nSPS) is 31.6. The molecule has 6 nitrogen and oxygen atoms in total. The third-order valence-corrected chi connectivity index (χ3v) is 5.34. The first-order chi connectivity index (χ1) is 11.1. The molecule has 1 saturated heterocycles. The van der Waals surface area contributed by atoms with Gasteiger partial charge in [0, 0.05) is 12.1 Å². The maximum absolute atomic E-state index is 12.7. The van der Waals surface area contributed by atoms with E-state index in [-0.39, 0.29) is 47.7 Å². The molecule has 2 bridgehead atoms. The van der Waals surface area contributed by atoms with Gasteiger partial charge in [-0.3, -0.25) is 24.6 Å². The van der Waals surface area contributed by atoms with Crippen molar-refractivity contribution in [1.29, 1.82) is 0 Å². The molecule has 0 N–H and O–H groups in total. The molecule has 6 heteroatoms. The number of hydrogen-bond donors (Lipinski definition) is 0. The number of carbonyl (C=O) groups is 2. The minimum Gasteiger partial charge on any atom is -0.278 e. The largest absolute Gasteiger partial charge is 0.278 e. The number of rotatable bonds is 3. The van der Waals surface area contributed by atoms with E-state index in [9.17, 15) is 19.7 Å². The molecule has 0 aromatic heterocycles. The number of fused-ring (bicyclic) bond motifs is 1. The number of likely N-dealkylation sites (tertiary alicyclic amines) is 1. The number of non-ortho nitro benzene ring substituents is 1. The number of nitrogens with zero attached hydrogens (tertiary/aromatic N) is 2. The molecule has 1 heterocycles. The van der Waals surface area contributed by atoms with Gasteiger partial charge in [-0.05, 0) is 30.2 Å². The summed E-state index contributed by atoms with van der Waals surface area (Å²) < 4.78 is 0. The summed E-state index contributed by atoms with van der Waals surface area (Å²) in [6.07, 6.45) is 6.14. The Hall–Kier alpha value is -2.50. The molecule has 2 amide bonds. The van der Waals surface area contributed by atoms with Gasteiger partial charge in [0.15, 0.2) is 0 Å². The summed E-state index contributed by atoms with van der Waals surface area (Å²) in [7, 11) is 0. The van der Waals surface area contributed by atoms with Crippen LogP contribution in [0.2, 0.25) is 0 Å². The smallest absolute Gasteiger partial charge is 0.269 e. The van der Waals surface area contributed by atoms with Crippen molar-refractivity contribution in [3.8, 4) is 0 Å². The van der Waals surface area contributed by atoms with Crippen molar-refractivity contribution in [2.75, 3.05) is 0 Å². The fourth-order valence-electron chi connectivity index (χ4n) is 4.20. The molecule has 4 aliphatic rings. The van der Waals surface area contributed by atoms with E-state index < -0.39 is 4.92 Å². The lowest BCUT2D eigenvalue weighted by Gasteiger charge is -2.38. The van der Waals surface area contributed by atoms with Crippen molar-refractivity contribution in [3.63, 3.8) is 0 Å².